The number of methoxy groups -OCH3 is 1. The van der Waals surface area contributed by atoms with E-state index in [4.69, 9.17) is 9.15 Å². The summed E-state index contributed by atoms with van der Waals surface area (Å²) in [6.07, 6.45) is 7.93. The van der Waals surface area contributed by atoms with E-state index in [9.17, 15) is 9.90 Å². The number of ether oxygens (including phenoxy) is 1. The number of nitrogens with one attached hydrogen (secondary N) is 1. The molecule has 0 aliphatic carbocycles. The third-order valence-corrected chi connectivity index (χ3v) is 5.05. The minimum Gasteiger partial charge on any atom is -0.472 e. The number of carbonyl (C=O) groups excluding carboxylic acids is 1. The van der Waals surface area contributed by atoms with Crippen LogP contribution in [0.25, 0.3) is 17.2 Å². The minimum absolute atomic E-state index is 0.134. The summed E-state index contributed by atoms with van der Waals surface area (Å²) in [5, 5.41) is 16.6. The number of carbonyl (C=O) groups is 1. The highest BCUT2D eigenvalue weighted by Crippen LogP contribution is 2.23. The lowest BCUT2D eigenvalue weighted by Crippen LogP contribution is -2.25. The van der Waals surface area contributed by atoms with Crippen LogP contribution in [0.2, 0.25) is 0 Å². The predicted molar refractivity (Wildman–Crippen MR) is 113 cm³/mol. The lowest BCUT2D eigenvalue weighted by Gasteiger charge is -2.10. The van der Waals surface area contributed by atoms with E-state index in [2.05, 4.69) is 25.4 Å². The smallest absolute Gasteiger partial charge is 0.255 e. The Hall–Kier alpha value is -3.83. The molecule has 2 N–H and O–H groups in total. The molecule has 4 aromatic rings. The summed E-state index contributed by atoms with van der Waals surface area (Å²) >= 11 is 0. The second-order valence-corrected chi connectivity index (χ2v) is 7.15. The number of hydrogen-bond donors (Lipinski definition) is 2. The van der Waals surface area contributed by atoms with E-state index < -0.39 is 0 Å². The van der Waals surface area contributed by atoms with Crippen LogP contribution in [0.4, 0.5) is 0 Å². The Kier molecular flexibility index (Phi) is 6.10. The molecule has 0 aliphatic heterocycles. The number of aliphatic hydroxyl groups excluding tert-OH is 1. The van der Waals surface area contributed by atoms with E-state index in [1.807, 2.05) is 13.0 Å². The van der Waals surface area contributed by atoms with Crippen molar-refractivity contribution in [2.24, 2.45) is 7.05 Å². The van der Waals surface area contributed by atoms with E-state index in [1.54, 1.807) is 36.7 Å². The van der Waals surface area contributed by atoms with Crippen molar-refractivity contribution in [3.05, 3.63) is 65.5 Å². The van der Waals surface area contributed by atoms with Crippen LogP contribution >= 0.6 is 0 Å². The van der Waals surface area contributed by atoms with Crippen molar-refractivity contribution in [1.29, 1.82) is 0 Å². The first-order valence-corrected chi connectivity index (χ1v) is 9.84. The maximum atomic E-state index is 12.9. The van der Waals surface area contributed by atoms with Gasteiger partial charge in [-0.05, 0) is 18.6 Å². The van der Waals surface area contributed by atoms with Crippen LogP contribution in [0.1, 0.15) is 33.0 Å². The molecular formula is C21H23N7O4. The number of amides is 1. The molecule has 11 heteroatoms. The Balaban J connectivity index is 1.64. The average Bonchev–Trinajstić information content (AvgIpc) is 3.53. The predicted octanol–water partition coefficient (Wildman–Crippen LogP) is 1.53. The van der Waals surface area contributed by atoms with Crippen LogP contribution in [-0.2, 0) is 31.5 Å². The number of hydrogen-bond acceptors (Lipinski definition) is 8. The number of aromatic nitrogens is 6. The fourth-order valence-corrected chi connectivity index (χ4v) is 3.36. The van der Waals surface area contributed by atoms with Crippen LogP contribution < -0.4 is 5.32 Å². The number of imidazole rings is 1. The first-order valence-electron chi connectivity index (χ1n) is 9.84. The quantitative estimate of drug-likeness (QED) is 0.424. The van der Waals surface area contributed by atoms with Gasteiger partial charge in [0.25, 0.3) is 11.9 Å². The second-order valence-electron chi connectivity index (χ2n) is 7.15. The van der Waals surface area contributed by atoms with Crippen LogP contribution in [0.5, 0.6) is 0 Å². The fourth-order valence-electron chi connectivity index (χ4n) is 3.36. The van der Waals surface area contributed by atoms with Gasteiger partial charge in [-0.1, -0.05) is 0 Å². The molecule has 0 unspecified atom stereocenters. The summed E-state index contributed by atoms with van der Waals surface area (Å²) in [6, 6.07) is 1.82. The summed E-state index contributed by atoms with van der Waals surface area (Å²) in [5.41, 5.74) is 4.49. The number of furan rings is 1. The SMILES string of the molecule is COCc1c(C(=O)NCc2c(CO)ncn2C)cnn1-c1ncc(C)c(-c2ccoc2)n1. The van der Waals surface area contributed by atoms with Crippen molar-refractivity contribution in [2.75, 3.05) is 7.11 Å². The Bertz CT molecular complexity index is 1230. The van der Waals surface area contributed by atoms with Crippen molar-refractivity contribution in [3.8, 4) is 17.2 Å². The molecule has 0 radical (unpaired) electrons. The molecule has 4 rings (SSSR count). The highest BCUT2D eigenvalue weighted by Gasteiger charge is 2.21. The zero-order chi connectivity index (χ0) is 22.7. The molecular weight excluding hydrogens is 414 g/mol. The summed E-state index contributed by atoms with van der Waals surface area (Å²) in [6.45, 7) is 2.04. The molecule has 0 fully saturated rings. The van der Waals surface area contributed by atoms with E-state index in [0.29, 0.717) is 34.3 Å². The molecule has 0 aliphatic rings. The molecule has 0 saturated carbocycles. The van der Waals surface area contributed by atoms with Crippen molar-refractivity contribution in [2.45, 2.75) is 26.7 Å². The van der Waals surface area contributed by atoms with Gasteiger partial charge in [0.15, 0.2) is 0 Å². The highest BCUT2D eigenvalue weighted by atomic mass is 16.5. The van der Waals surface area contributed by atoms with Crippen molar-refractivity contribution in [3.63, 3.8) is 0 Å². The maximum absolute atomic E-state index is 12.9. The van der Waals surface area contributed by atoms with Gasteiger partial charge in [0, 0.05) is 25.9 Å². The molecule has 32 heavy (non-hydrogen) atoms. The van der Waals surface area contributed by atoms with Gasteiger partial charge in [-0.25, -0.2) is 15.0 Å². The van der Waals surface area contributed by atoms with Crippen molar-refractivity contribution < 1.29 is 19.1 Å². The van der Waals surface area contributed by atoms with Crippen LogP contribution in [0.15, 0.2) is 41.7 Å². The Labute approximate surface area is 183 Å². The lowest BCUT2D eigenvalue weighted by atomic mass is 10.1. The van der Waals surface area contributed by atoms with Gasteiger partial charge in [-0.2, -0.15) is 9.78 Å². The maximum Gasteiger partial charge on any atom is 0.255 e. The first-order chi connectivity index (χ1) is 15.5. The van der Waals surface area contributed by atoms with E-state index in [1.165, 1.54) is 18.0 Å². The van der Waals surface area contributed by atoms with Crippen LogP contribution in [0.3, 0.4) is 0 Å². The Morgan fingerprint density at radius 3 is 2.84 bits per heavy atom. The summed E-state index contributed by atoms with van der Waals surface area (Å²) in [7, 11) is 3.34. The van der Waals surface area contributed by atoms with Gasteiger partial charge in [0.1, 0.15) is 0 Å². The largest absolute Gasteiger partial charge is 0.472 e. The second kappa shape index (κ2) is 9.12. The van der Waals surface area contributed by atoms with Gasteiger partial charge in [0.05, 0.1) is 73.1 Å². The van der Waals surface area contributed by atoms with E-state index in [-0.39, 0.29) is 25.7 Å². The zero-order valence-corrected chi connectivity index (χ0v) is 17.9. The first kappa shape index (κ1) is 21.4. The monoisotopic (exact) mass is 437 g/mol. The lowest BCUT2D eigenvalue weighted by molar-refractivity contribution is 0.0944. The standard InChI is InChI=1S/C21H23N7O4/c1-13-6-23-21(26-19(13)14-4-5-32-10-14)28-18(11-31-3)15(7-25-28)20(30)22-8-17-16(9-29)24-12-27(17)2/h4-7,10,12,29H,8-9,11H2,1-3H3,(H,22,30). The minimum atomic E-state index is -0.337. The van der Waals surface area contributed by atoms with Gasteiger partial charge in [-0.3, -0.25) is 4.79 Å². The van der Waals surface area contributed by atoms with E-state index >= 15 is 0 Å². The van der Waals surface area contributed by atoms with Gasteiger partial charge < -0.3 is 24.1 Å². The number of rotatable bonds is 8. The van der Waals surface area contributed by atoms with E-state index in [0.717, 1.165) is 11.1 Å². The molecule has 4 heterocycles. The number of aryl methyl sites for hydroxylation is 2. The Morgan fingerprint density at radius 1 is 1.28 bits per heavy atom. The molecule has 1 amide bonds. The molecule has 166 valence electrons. The molecule has 0 bridgehead atoms. The summed E-state index contributed by atoms with van der Waals surface area (Å²) in [5.74, 6) is -0.0253. The molecule has 0 atom stereocenters. The molecule has 0 saturated heterocycles. The molecule has 4 aromatic heterocycles. The molecule has 0 aromatic carbocycles. The summed E-state index contributed by atoms with van der Waals surface area (Å²) in [4.78, 5) is 26.1. The third kappa shape index (κ3) is 4.03. The Morgan fingerprint density at radius 2 is 2.12 bits per heavy atom. The van der Waals surface area contributed by atoms with Gasteiger partial charge in [-0.15, -0.1) is 0 Å². The summed E-state index contributed by atoms with van der Waals surface area (Å²) < 4.78 is 13.7. The van der Waals surface area contributed by atoms with Gasteiger partial charge >= 0.3 is 0 Å². The average molecular weight is 437 g/mol. The fraction of sp³-hybridized carbons (Fsp3) is 0.286. The number of aliphatic hydroxyl groups is 1. The van der Waals surface area contributed by atoms with Crippen molar-refractivity contribution >= 4 is 5.91 Å². The highest BCUT2D eigenvalue weighted by molar-refractivity contribution is 5.95. The normalized spacial score (nSPS) is 11.1. The van der Waals surface area contributed by atoms with Crippen molar-refractivity contribution in [1.82, 2.24) is 34.6 Å². The topological polar surface area (TPSA) is 133 Å². The van der Waals surface area contributed by atoms with Crippen LogP contribution in [0, 0.1) is 6.92 Å². The zero-order valence-electron chi connectivity index (χ0n) is 17.9. The molecule has 11 nitrogen and oxygen atoms in total. The third-order valence-electron chi connectivity index (χ3n) is 5.05. The van der Waals surface area contributed by atoms with Crippen LogP contribution in [-0.4, -0.2) is 47.4 Å². The molecule has 0 spiro atoms. The van der Waals surface area contributed by atoms with Gasteiger partial charge in [0.2, 0.25) is 0 Å². The number of nitrogens with zero attached hydrogens (tertiary/aromatic N) is 6.